The van der Waals surface area contributed by atoms with Crippen LogP contribution in [-0.2, 0) is 0 Å². The molecule has 0 aromatic heterocycles. The van der Waals surface area contributed by atoms with Gasteiger partial charge in [-0.05, 0) is 43.4 Å². The first-order valence-electron chi connectivity index (χ1n) is 6.54. The van der Waals surface area contributed by atoms with Crippen LogP contribution in [0.2, 0.25) is 0 Å². The van der Waals surface area contributed by atoms with Crippen LogP contribution in [0.3, 0.4) is 0 Å². The number of hydrogen-bond donors (Lipinski definition) is 0. The van der Waals surface area contributed by atoms with Crippen molar-refractivity contribution in [3.63, 3.8) is 0 Å². The molecule has 0 nitrogen and oxygen atoms in total. The summed E-state index contributed by atoms with van der Waals surface area (Å²) in [5, 5.41) is 0. The van der Waals surface area contributed by atoms with Crippen LogP contribution in [0.25, 0.3) is 0 Å². The largest absolute Gasteiger partial charge is 0.0849 e. The lowest BCUT2D eigenvalue weighted by Gasteiger charge is -2.32. The second-order valence-corrected chi connectivity index (χ2v) is 5.37. The van der Waals surface area contributed by atoms with Gasteiger partial charge in [0.2, 0.25) is 0 Å². The molecule has 0 amide bonds. The maximum atomic E-state index is 2.59. The lowest BCUT2D eigenvalue weighted by Crippen LogP contribution is -2.19. The van der Waals surface area contributed by atoms with E-state index in [2.05, 4.69) is 19.1 Å². The van der Waals surface area contributed by atoms with E-state index in [1.165, 1.54) is 57.8 Å². The van der Waals surface area contributed by atoms with E-state index < -0.39 is 0 Å². The Hall–Kier alpha value is -0.260. The predicted octanol–water partition coefficient (Wildman–Crippen LogP) is 4.70. The van der Waals surface area contributed by atoms with Gasteiger partial charge in [-0.3, -0.25) is 0 Å². The molecule has 0 aromatic rings. The summed E-state index contributed by atoms with van der Waals surface area (Å²) >= 11 is 0. The fraction of sp³-hybridized carbons (Fsp3) is 0.857. The lowest BCUT2D eigenvalue weighted by atomic mass is 9.73. The Kier molecular flexibility index (Phi) is 3.30. The van der Waals surface area contributed by atoms with E-state index in [-0.39, 0.29) is 0 Å². The molecule has 2 atom stereocenters. The van der Waals surface area contributed by atoms with Crippen LogP contribution in [0, 0.1) is 11.3 Å². The topological polar surface area (TPSA) is 0 Å². The second-order valence-electron chi connectivity index (χ2n) is 5.37. The molecular formula is C14H24. The maximum absolute atomic E-state index is 2.59. The first-order chi connectivity index (χ1) is 6.85. The van der Waals surface area contributed by atoms with Crippen molar-refractivity contribution in [2.75, 3.05) is 0 Å². The van der Waals surface area contributed by atoms with Crippen molar-refractivity contribution in [3.8, 4) is 0 Å². The molecule has 1 saturated carbocycles. The predicted molar refractivity (Wildman–Crippen MR) is 62.3 cm³/mol. The van der Waals surface area contributed by atoms with Gasteiger partial charge in [-0.15, -0.1) is 0 Å². The van der Waals surface area contributed by atoms with Gasteiger partial charge in [-0.1, -0.05) is 44.8 Å². The molecule has 3 aliphatic rings. The lowest BCUT2D eigenvalue weighted by molar-refractivity contribution is 0.279. The Labute approximate surface area is 88.8 Å². The van der Waals surface area contributed by atoms with E-state index in [0.717, 1.165) is 5.92 Å². The molecule has 2 bridgehead atoms. The molecule has 0 aromatic carbocycles. The molecule has 1 fully saturated rings. The third-order valence-electron chi connectivity index (χ3n) is 4.26. The number of hydrogen-bond acceptors (Lipinski definition) is 0. The summed E-state index contributed by atoms with van der Waals surface area (Å²) in [5.74, 6) is 0.941. The first-order valence-corrected chi connectivity index (χ1v) is 6.54. The van der Waals surface area contributed by atoms with Gasteiger partial charge in [0.05, 0.1) is 0 Å². The molecule has 0 spiro atoms. The summed E-state index contributed by atoms with van der Waals surface area (Å²) in [6.07, 6.45) is 18.2. The van der Waals surface area contributed by atoms with Crippen molar-refractivity contribution in [2.24, 2.45) is 11.3 Å². The van der Waals surface area contributed by atoms with Crippen LogP contribution in [-0.4, -0.2) is 0 Å². The first kappa shape index (κ1) is 10.3. The molecule has 0 radical (unpaired) electrons. The summed E-state index contributed by atoms with van der Waals surface area (Å²) in [4.78, 5) is 0. The Balaban J connectivity index is 1.92. The highest BCUT2D eigenvalue weighted by Crippen LogP contribution is 2.46. The van der Waals surface area contributed by atoms with Gasteiger partial charge >= 0.3 is 0 Å². The van der Waals surface area contributed by atoms with Crippen molar-refractivity contribution in [1.29, 1.82) is 0 Å². The van der Waals surface area contributed by atoms with Crippen molar-refractivity contribution in [2.45, 2.75) is 64.7 Å². The van der Waals surface area contributed by atoms with Crippen LogP contribution in [0.4, 0.5) is 0 Å². The highest BCUT2D eigenvalue weighted by atomic mass is 14.4. The zero-order chi connectivity index (χ0) is 9.86. The third kappa shape index (κ3) is 2.21. The van der Waals surface area contributed by atoms with Crippen LogP contribution in [0.5, 0.6) is 0 Å². The third-order valence-corrected chi connectivity index (χ3v) is 4.26. The van der Waals surface area contributed by atoms with E-state index in [1.54, 1.807) is 0 Å². The smallest absolute Gasteiger partial charge is 0.0118 e. The molecule has 0 heterocycles. The highest BCUT2D eigenvalue weighted by Gasteiger charge is 2.33. The minimum absolute atomic E-state index is 0.641. The molecule has 0 saturated heterocycles. The zero-order valence-electron chi connectivity index (χ0n) is 9.60. The van der Waals surface area contributed by atoms with Gasteiger partial charge in [0.15, 0.2) is 0 Å². The van der Waals surface area contributed by atoms with Crippen molar-refractivity contribution in [1.82, 2.24) is 0 Å². The average molecular weight is 192 g/mol. The molecule has 3 rings (SSSR count). The Morgan fingerprint density at radius 1 is 1.21 bits per heavy atom. The molecule has 14 heavy (non-hydrogen) atoms. The standard InChI is InChI=1S/C14H24/c1-2-3-4-9-14-10-5-6-13(7-11-14)8-12-14/h7,11,13H,2-6,8-10,12H2,1H3/t13?,14-/m1/s1. The summed E-state index contributed by atoms with van der Waals surface area (Å²) in [7, 11) is 0. The summed E-state index contributed by atoms with van der Waals surface area (Å²) < 4.78 is 0. The van der Waals surface area contributed by atoms with E-state index in [9.17, 15) is 0 Å². The SMILES string of the molecule is CCCCC[C@]12C=CC(CCC1)CC2. The summed E-state index contributed by atoms with van der Waals surface area (Å²) in [5.41, 5.74) is 0.641. The van der Waals surface area contributed by atoms with E-state index in [0.29, 0.717) is 5.41 Å². The van der Waals surface area contributed by atoms with Crippen molar-refractivity contribution < 1.29 is 0 Å². The van der Waals surface area contributed by atoms with Gasteiger partial charge in [-0.2, -0.15) is 0 Å². The fourth-order valence-corrected chi connectivity index (χ4v) is 3.22. The number of fused-ring (bicyclic) bond motifs is 3. The van der Waals surface area contributed by atoms with Crippen LogP contribution >= 0.6 is 0 Å². The Morgan fingerprint density at radius 2 is 2.14 bits per heavy atom. The van der Waals surface area contributed by atoms with Crippen molar-refractivity contribution in [3.05, 3.63) is 12.2 Å². The van der Waals surface area contributed by atoms with E-state index in [1.807, 2.05) is 0 Å². The number of unbranched alkanes of at least 4 members (excludes halogenated alkanes) is 2. The molecule has 0 aliphatic heterocycles. The summed E-state index contributed by atoms with van der Waals surface area (Å²) in [6.45, 7) is 2.30. The second kappa shape index (κ2) is 4.51. The monoisotopic (exact) mass is 192 g/mol. The zero-order valence-corrected chi connectivity index (χ0v) is 9.60. The molecule has 1 unspecified atom stereocenters. The minimum Gasteiger partial charge on any atom is -0.0849 e. The molecule has 0 N–H and O–H groups in total. The maximum Gasteiger partial charge on any atom is -0.0118 e. The van der Waals surface area contributed by atoms with Gasteiger partial charge in [0.1, 0.15) is 0 Å². The summed E-state index contributed by atoms with van der Waals surface area (Å²) in [6, 6.07) is 0. The Bertz CT molecular complexity index is 200. The molecular weight excluding hydrogens is 168 g/mol. The normalized spacial score (nSPS) is 35.9. The van der Waals surface area contributed by atoms with Gasteiger partial charge in [0, 0.05) is 0 Å². The molecule has 80 valence electrons. The molecule has 3 aliphatic carbocycles. The van der Waals surface area contributed by atoms with Gasteiger partial charge in [0.25, 0.3) is 0 Å². The van der Waals surface area contributed by atoms with E-state index >= 15 is 0 Å². The minimum atomic E-state index is 0.641. The number of rotatable bonds is 4. The fourth-order valence-electron chi connectivity index (χ4n) is 3.22. The van der Waals surface area contributed by atoms with Crippen molar-refractivity contribution >= 4 is 0 Å². The van der Waals surface area contributed by atoms with Crippen LogP contribution in [0.15, 0.2) is 12.2 Å². The molecule has 0 heteroatoms. The number of allylic oxidation sites excluding steroid dienone is 2. The van der Waals surface area contributed by atoms with E-state index in [4.69, 9.17) is 0 Å². The van der Waals surface area contributed by atoms with Gasteiger partial charge in [-0.25, -0.2) is 0 Å². The highest BCUT2D eigenvalue weighted by molar-refractivity contribution is 5.08. The van der Waals surface area contributed by atoms with Gasteiger partial charge < -0.3 is 0 Å². The Morgan fingerprint density at radius 3 is 2.86 bits per heavy atom. The van der Waals surface area contributed by atoms with Crippen LogP contribution < -0.4 is 0 Å². The average Bonchev–Trinajstić information content (AvgIpc) is 2.52. The quantitative estimate of drug-likeness (QED) is 0.447. The van der Waals surface area contributed by atoms with Crippen LogP contribution in [0.1, 0.15) is 64.7 Å².